The van der Waals surface area contributed by atoms with Crippen molar-refractivity contribution in [1.29, 1.82) is 0 Å². The van der Waals surface area contributed by atoms with Crippen molar-refractivity contribution in [1.82, 2.24) is 14.7 Å². The molecule has 2 fully saturated rings. The number of aliphatic carboxylic acids is 2. The Balaban J connectivity index is 0.000000440. The quantitative estimate of drug-likeness (QED) is 0.546. The number of ether oxygens (including phenoxy) is 1. The van der Waals surface area contributed by atoms with E-state index in [2.05, 4.69) is 4.90 Å². The highest BCUT2D eigenvalue weighted by Gasteiger charge is 2.33. The number of carbonyl (C=O) groups is 4. The summed E-state index contributed by atoms with van der Waals surface area (Å²) >= 11 is 5.87. The molecule has 0 saturated carbocycles. The topological polar surface area (TPSA) is 128 Å². The molecule has 34 heavy (non-hydrogen) atoms. The van der Waals surface area contributed by atoms with Crippen LogP contribution in [0.5, 0.6) is 5.75 Å². The number of hydrogen-bond acceptors (Lipinski definition) is 6. The fourth-order valence-corrected chi connectivity index (χ4v) is 3.92. The van der Waals surface area contributed by atoms with E-state index in [-0.39, 0.29) is 24.5 Å². The van der Waals surface area contributed by atoms with Gasteiger partial charge in [-0.25, -0.2) is 9.59 Å². The molecule has 3 rings (SSSR count). The van der Waals surface area contributed by atoms with Crippen molar-refractivity contribution in [3.8, 4) is 5.75 Å². The first-order valence-electron chi connectivity index (χ1n) is 11.0. The van der Waals surface area contributed by atoms with Crippen molar-refractivity contribution < 1.29 is 34.1 Å². The van der Waals surface area contributed by atoms with Gasteiger partial charge in [0.1, 0.15) is 5.75 Å². The summed E-state index contributed by atoms with van der Waals surface area (Å²) in [6.45, 7) is 6.28. The average Bonchev–Trinajstić information content (AvgIpc) is 3.30. The number of benzene rings is 1. The van der Waals surface area contributed by atoms with E-state index in [0.29, 0.717) is 42.6 Å². The number of likely N-dealkylation sites (tertiary alicyclic amines) is 1. The highest BCUT2D eigenvalue weighted by atomic mass is 35.5. The molecule has 1 unspecified atom stereocenters. The molecule has 186 valence electrons. The number of carboxylic acids is 2. The molecule has 2 N–H and O–H groups in total. The molecule has 1 aromatic carbocycles. The summed E-state index contributed by atoms with van der Waals surface area (Å²) < 4.78 is 5.62. The molecule has 2 amide bonds. The molecule has 0 bridgehead atoms. The largest absolute Gasteiger partial charge is 0.484 e. The van der Waals surface area contributed by atoms with Crippen LogP contribution in [0.4, 0.5) is 0 Å². The minimum atomic E-state index is -1.26. The second kappa shape index (κ2) is 13.6. The maximum Gasteiger partial charge on any atom is 0.328 e. The van der Waals surface area contributed by atoms with Gasteiger partial charge in [-0.15, -0.1) is 0 Å². The Labute approximate surface area is 203 Å². The van der Waals surface area contributed by atoms with E-state index < -0.39 is 11.9 Å². The monoisotopic (exact) mass is 495 g/mol. The van der Waals surface area contributed by atoms with Gasteiger partial charge in [-0.05, 0) is 50.2 Å². The van der Waals surface area contributed by atoms with Gasteiger partial charge in [0.05, 0.1) is 6.04 Å². The summed E-state index contributed by atoms with van der Waals surface area (Å²) in [7, 11) is 0. The third-order valence-electron chi connectivity index (χ3n) is 5.46. The lowest BCUT2D eigenvalue weighted by Crippen LogP contribution is -2.60. The SMILES string of the molecule is CC(=O)N1CCN(C(=O)COc2ccc(Cl)cc2)C(CN2CCCC2)C1.O=C(O)C=CC(=O)O. The molecule has 2 aliphatic rings. The number of rotatable bonds is 7. The number of hydrogen-bond donors (Lipinski definition) is 2. The Kier molecular flexibility index (Phi) is 10.8. The Morgan fingerprint density at radius 2 is 1.59 bits per heavy atom. The standard InChI is InChI=1S/C19H26ClN3O3.C4H4O4/c1-15(24)22-10-11-23(17(13-22)12-21-8-2-3-9-21)19(25)14-26-18-6-4-16(20)5-7-18;5-3(6)1-2-4(7)8/h4-7,17H,2-3,8-14H2,1H3;1-2H,(H,5,6)(H,7,8). The van der Waals surface area contributed by atoms with E-state index in [0.717, 1.165) is 19.6 Å². The second-order valence-corrected chi connectivity index (χ2v) is 8.40. The summed E-state index contributed by atoms with van der Waals surface area (Å²) in [4.78, 5) is 49.7. The number of halogens is 1. The number of nitrogens with zero attached hydrogens (tertiary/aromatic N) is 3. The van der Waals surface area contributed by atoms with Crippen molar-refractivity contribution in [3.63, 3.8) is 0 Å². The van der Waals surface area contributed by atoms with Crippen molar-refractivity contribution in [2.24, 2.45) is 0 Å². The van der Waals surface area contributed by atoms with E-state index in [1.165, 1.54) is 12.8 Å². The summed E-state index contributed by atoms with van der Waals surface area (Å²) in [6, 6.07) is 7.01. The highest BCUT2D eigenvalue weighted by Crippen LogP contribution is 2.18. The molecule has 1 aromatic rings. The minimum absolute atomic E-state index is 0.00178. The Morgan fingerprint density at radius 3 is 2.12 bits per heavy atom. The van der Waals surface area contributed by atoms with Gasteiger partial charge in [-0.2, -0.15) is 0 Å². The van der Waals surface area contributed by atoms with Crippen molar-refractivity contribution in [3.05, 3.63) is 41.4 Å². The smallest absolute Gasteiger partial charge is 0.328 e. The van der Waals surface area contributed by atoms with Crippen LogP contribution < -0.4 is 4.74 Å². The molecular weight excluding hydrogens is 466 g/mol. The van der Waals surface area contributed by atoms with Gasteiger partial charge < -0.3 is 29.6 Å². The van der Waals surface area contributed by atoms with E-state index >= 15 is 0 Å². The lowest BCUT2D eigenvalue weighted by Gasteiger charge is -2.42. The predicted octanol–water partition coefficient (Wildman–Crippen LogP) is 1.59. The van der Waals surface area contributed by atoms with Gasteiger partial charge in [0.15, 0.2) is 6.61 Å². The highest BCUT2D eigenvalue weighted by molar-refractivity contribution is 6.30. The van der Waals surface area contributed by atoms with Crippen LogP contribution in [0.2, 0.25) is 5.02 Å². The third-order valence-corrected chi connectivity index (χ3v) is 5.71. The normalized spacial score (nSPS) is 18.4. The first kappa shape index (κ1) is 27.1. The molecule has 0 aliphatic carbocycles. The van der Waals surface area contributed by atoms with Crippen LogP contribution in [0.15, 0.2) is 36.4 Å². The maximum atomic E-state index is 12.8. The predicted molar refractivity (Wildman–Crippen MR) is 125 cm³/mol. The van der Waals surface area contributed by atoms with Gasteiger partial charge in [-0.3, -0.25) is 9.59 Å². The van der Waals surface area contributed by atoms with Gasteiger partial charge in [-0.1, -0.05) is 11.6 Å². The fourth-order valence-electron chi connectivity index (χ4n) is 3.79. The zero-order valence-corrected chi connectivity index (χ0v) is 19.8. The number of amides is 2. The molecular formula is C23H30ClN3O7. The Hall–Kier alpha value is -3.11. The summed E-state index contributed by atoms with van der Waals surface area (Å²) in [6.07, 6.45) is 3.53. The Bertz CT molecular complexity index is 869. The number of carboxylic acid groups (broad SMARTS) is 2. The molecule has 0 spiro atoms. The van der Waals surface area contributed by atoms with E-state index in [1.54, 1.807) is 31.2 Å². The van der Waals surface area contributed by atoms with Gasteiger partial charge in [0.2, 0.25) is 5.91 Å². The van der Waals surface area contributed by atoms with Crippen molar-refractivity contribution in [2.75, 3.05) is 45.9 Å². The maximum absolute atomic E-state index is 12.8. The van der Waals surface area contributed by atoms with Crippen LogP contribution in [-0.4, -0.2) is 101 Å². The van der Waals surface area contributed by atoms with Crippen molar-refractivity contribution in [2.45, 2.75) is 25.8 Å². The average molecular weight is 496 g/mol. The first-order chi connectivity index (χ1) is 16.2. The van der Waals surface area contributed by atoms with E-state index in [1.807, 2.05) is 9.80 Å². The summed E-state index contributed by atoms with van der Waals surface area (Å²) in [5.41, 5.74) is 0. The molecule has 2 saturated heterocycles. The van der Waals surface area contributed by atoms with Crippen LogP contribution in [0, 0.1) is 0 Å². The van der Waals surface area contributed by atoms with Gasteiger partial charge in [0.25, 0.3) is 5.91 Å². The van der Waals surface area contributed by atoms with Crippen LogP contribution >= 0.6 is 11.6 Å². The molecule has 2 heterocycles. The zero-order valence-electron chi connectivity index (χ0n) is 19.1. The lowest BCUT2D eigenvalue weighted by atomic mass is 10.1. The lowest BCUT2D eigenvalue weighted by molar-refractivity contribution is -0.144. The zero-order chi connectivity index (χ0) is 25.1. The molecule has 11 heteroatoms. The molecule has 10 nitrogen and oxygen atoms in total. The van der Waals surface area contributed by atoms with Gasteiger partial charge in [0, 0.05) is 50.3 Å². The number of carbonyl (C=O) groups excluding carboxylic acids is 2. The second-order valence-electron chi connectivity index (χ2n) is 7.97. The summed E-state index contributed by atoms with van der Waals surface area (Å²) in [5.74, 6) is -1.85. The van der Waals surface area contributed by atoms with Crippen LogP contribution in [-0.2, 0) is 19.2 Å². The van der Waals surface area contributed by atoms with Crippen molar-refractivity contribution >= 4 is 35.4 Å². The van der Waals surface area contributed by atoms with E-state index in [4.69, 9.17) is 26.6 Å². The molecule has 1 atom stereocenters. The summed E-state index contributed by atoms with van der Waals surface area (Å²) in [5, 5.41) is 16.3. The fraction of sp³-hybridized carbons (Fsp3) is 0.478. The molecule has 2 aliphatic heterocycles. The minimum Gasteiger partial charge on any atom is -0.484 e. The van der Waals surface area contributed by atoms with Crippen LogP contribution in [0.1, 0.15) is 19.8 Å². The number of piperazine rings is 1. The van der Waals surface area contributed by atoms with Crippen LogP contribution in [0.25, 0.3) is 0 Å². The van der Waals surface area contributed by atoms with Crippen LogP contribution in [0.3, 0.4) is 0 Å². The Morgan fingerprint density at radius 1 is 1.00 bits per heavy atom. The first-order valence-corrected chi connectivity index (χ1v) is 11.3. The van der Waals surface area contributed by atoms with E-state index in [9.17, 15) is 19.2 Å². The molecule has 0 radical (unpaired) electrons. The molecule has 0 aromatic heterocycles. The third kappa shape index (κ3) is 9.40. The van der Waals surface area contributed by atoms with Gasteiger partial charge >= 0.3 is 11.9 Å².